The van der Waals surface area contributed by atoms with E-state index in [0.717, 1.165) is 35.8 Å². The number of halogens is 2. The molecule has 6 heteroatoms. The molecule has 0 aromatic heterocycles. The molecule has 0 radical (unpaired) electrons. The van der Waals surface area contributed by atoms with E-state index in [4.69, 9.17) is 23.2 Å². The molecule has 3 rings (SSSR count). The van der Waals surface area contributed by atoms with Gasteiger partial charge in [0.1, 0.15) is 0 Å². The van der Waals surface area contributed by atoms with Crippen molar-refractivity contribution in [2.75, 3.05) is 26.2 Å². The first-order valence-electron chi connectivity index (χ1n) is 8.35. The highest BCUT2D eigenvalue weighted by molar-refractivity contribution is 6.31. The summed E-state index contributed by atoms with van der Waals surface area (Å²) in [5.74, 6) is 0. The molecule has 1 heterocycles. The van der Waals surface area contributed by atoms with E-state index < -0.39 is 0 Å². The van der Waals surface area contributed by atoms with Gasteiger partial charge in [-0.2, -0.15) is 0 Å². The predicted molar refractivity (Wildman–Crippen MR) is 102 cm³/mol. The third kappa shape index (κ3) is 4.88. The lowest BCUT2D eigenvalue weighted by molar-refractivity contribution is 0.135. The van der Waals surface area contributed by atoms with Crippen molar-refractivity contribution in [1.29, 1.82) is 0 Å². The van der Waals surface area contributed by atoms with Gasteiger partial charge in [0.25, 0.3) is 0 Å². The van der Waals surface area contributed by atoms with Crippen LogP contribution in [0.25, 0.3) is 0 Å². The molecule has 4 nitrogen and oxygen atoms in total. The summed E-state index contributed by atoms with van der Waals surface area (Å²) in [5.41, 5.74) is 2.05. The Hall–Kier alpha value is -1.75. The molecule has 1 fully saturated rings. The lowest BCUT2D eigenvalue weighted by atomic mass is 10.2. The third-order valence-electron chi connectivity index (χ3n) is 4.40. The summed E-state index contributed by atoms with van der Waals surface area (Å²) < 4.78 is 0. The summed E-state index contributed by atoms with van der Waals surface area (Å²) in [7, 11) is 0. The summed E-state index contributed by atoms with van der Waals surface area (Å²) in [5, 5.41) is 4.41. The summed E-state index contributed by atoms with van der Waals surface area (Å²) in [6, 6.07) is 15.4. The molecule has 0 atom stereocenters. The minimum Gasteiger partial charge on any atom is -0.334 e. The number of rotatable bonds is 4. The van der Waals surface area contributed by atoms with E-state index in [-0.39, 0.29) is 6.03 Å². The molecule has 1 aliphatic heterocycles. The molecular formula is C19H21Cl2N3O. The summed E-state index contributed by atoms with van der Waals surface area (Å²) in [6.07, 6.45) is 0. The molecule has 0 spiro atoms. The number of nitrogens with zero attached hydrogens (tertiary/aromatic N) is 2. The molecule has 2 aromatic carbocycles. The average molecular weight is 378 g/mol. The monoisotopic (exact) mass is 377 g/mol. The number of piperazine rings is 1. The van der Waals surface area contributed by atoms with Gasteiger partial charge in [0, 0.05) is 49.3 Å². The molecule has 1 saturated heterocycles. The Kier molecular flexibility index (Phi) is 6.19. The van der Waals surface area contributed by atoms with Crippen LogP contribution in [-0.4, -0.2) is 42.0 Å². The van der Waals surface area contributed by atoms with Crippen LogP contribution in [0.5, 0.6) is 0 Å². The molecule has 132 valence electrons. The second-order valence-corrected chi connectivity index (χ2v) is 6.92. The molecule has 0 unspecified atom stereocenters. The van der Waals surface area contributed by atoms with Crippen molar-refractivity contribution in [2.24, 2.45) is 0 Å². The van der Waals surface area contributed by atoms with Gasteiger partial charge in [-0.25, -0.2) is 4.79 Å². The maximum absolute atomic E-state index is 12.3. The molecule has 0 aliphatic carbocycles. The van der Waals surface area contributed by atoms with Crippen LogP contribution in [0.3, 0.4) is 0 Å². The fraction of sp³-hybridized carbons (Fsp3) is 0.316. The van der Waals surface area contributed by atoms with E-state index in [1.54, 1.807) is 0 Å². The number of carbonyl (C=O) groups excluding carboxylic acids is 1. The second-order valence-electron chi connectivity index (χ2n) is 6.10. The van der Waals surface area contributed by atoms with Crippen LogP contribution in [0.1, 0.15) is 11.1 Å². The van der Waals surface area contributed by atoms with E-state index in [0.29, 0.717) is 24.7 Å². The van der Waals surface area contributed by atoms with Crippen LogP contribution < -0.4 is 5.32 Å². The maximum atomic E-state index is 12.3. The van der Waals surface area contributed by atoms with E-state index in [9.17, 15) is 4.79 Å². The van der Waals surface area contributed by atoms with Crippen molar-refractivity contribution in [1.82, 2.24) is 15.1 Å². The Morgan fingerprint density at radius 2 is 1.44 bits per heavy atom. The van der Waals surface area contributed by atoms with Gasteiger partial charge >= 0.3 is 6.03 Å². The quantitative estimate of drug-likeness (QED) is 0.872. The highest BCUT2D eigenvalue weighted by Crippen LogP contribution is 2.18. The number of nitrogens with one attached hydrogen (secondary N) is 1. The SMILES string of the molecule is O=C(NCc1ccccc1Cl)N1CCN(Cc2ccccc2Cl)CC1. The van der Waals surface area contributed by atoms with Gasteiger partial charge in [0.15, 0.2) is 0 Å². The second kappa shape index (κ2) is 8.56. The number of urea groups is 1. The van der Waals surface area contributed by atoms with E-state index in [1.807, 2.05) is 53.4 Å². The third-order valence-corrected chi connectivity index (χ3v) is 5.14. The van der Waals surface area contributed by atoms with Crippen molar-refractivity contribution in [2.45, 2.75) is 13.1 Å². The van der Waals surface area contributed by atoms with E-state index >= 15 is 0 Å². The summed E-state index contributed by atoms with van der Waals surface area (Å²) >= 11 is 12.3. The zero-order valence-corrected chi connectivity index (χ0v) is 15.4. The first kappa shape index (κ1) is 18.1. The zero-order chi connectivity index (χ0) is 17.6. The minimum atomic E-state index is -0.0442. The fourth-order valence-electron chi connectivity index (χ4n) is 2.90. The molecular weight excluding hydrogens is 357 g/mol. The minimum absolute atomic E-state index is 0.0442. The van der Waals surface area contributed by atoms with Crippen LogP contribution in [0, 0.1) is 0 Å². The average Bonchev–Trinajstić information content (AvgIpc) is 2.63. The van der Waals surface area contributed by atoms with Gasteiger partial charge in [-0.05, 0) is 23.3 Å². The van der Waals surface area contributed by atoms with Crippen molar-refractivity contribution in [3.63, 3.8) is 0 Å². The van der Waals surface area contributed by atoms with Crippen LogP contribution in [-0.2, 0) is 13.1 Å². The zero-order valence-electron chi connectivity index (χ0n) is 13.9. The Labute approximate surface area is 158 Å². The molecule has 2 amide bonds. The van der Waals surface area contributed by atoms with Gasteiger partial charge in [-0.3, -0.25) is 4.90 Å². The number of hydrogen-bond acceptors (Lipinski definition) is 2. The lowest BCUT2D eigenvalue weighted by Crippen LogP contribution is -2.51. The molecule has 2 aromatic rings. The van der Waals surface area contributed by atoms with Gasteiger partial charge in [0.05, 0.1) is 0 Å². The number of carbonyl (C=O) groups is 1. The summed E-state index contributed by atoms with van der Waals surface area (Å²) in [6.45, 7) is 4.35. The molecule has 0 bridgehead atoms. The van der Waals surface area contributed by atoms with E-state index in [2.05, 4.69) is 10.2 Å². The molecule has 1 aliphatic rings. The summed E-state index contributed by atoms with van der Waals surface area (Å²) in [4.78, 5) is 16.5. The van der Waals surface area contributed by atoms with Crippen molar-refractivity contribution in [3.8, 4) is 0 Å². The van der Waals surface area contributed by atoms with Gasteiger partial charge in [-0.15, -0.1) is 0 Å². The Balaban J connectivity index is 1.46. The Bertz CT molecular complexity index is 730. The van der Waals surface area contributed by atoms with Gasteiger partial charge in [0.2, 0.25) is 0 Å². The van der Waals surface area contributed by atoms with Gasteiger partial charge in [-0.1, -0.05) is 59.6 Å². The van der Waals surface area contributed by atoms with Crippen molar-refractivity contribution >= 4 is 29.2 Å². The van der Waals surface area contributed by atoms with Crippen molar-refractivity contribution in [3.05, 3.63) is 69.7 Å². The van der Waals surface area contributed by atoms with Crippen LogP contribution in [0.2, 0.25) is 10.0 Å². The fourth-order valence-corrected chi connectivity index (χ4v) is 3.30. The highest BCUT2D eigenvalue weighted by atomic mass is 35.5. The highest BCUT2D eigenvalue weighted by Gasteiger charge is 2.21. The number of benzene rings is 2. The topological polar surface area (TPSA) is 35.6 Å². The Morgan fingerprint density at radius 3 is 2.04 bits per heavy atom. The maximum Gasteiger partial charge on any atom is 0.317 e. The van der Waals surface area contributed by atoms with E-state index in [1.165, 1.54) is 0 Å². The first-order valence-corrected chi connectivity index (χ1v) is 9.11. The van der Waals surface area contributed by atoms with Crippen LogP contribution in [0.15, 0.2) is 48.5 Å². The molecule has 0 saturated carbocycles. The van der Waals surface area contributed by atoms with Crippen LogP contribution >= 0.6 is 23.2 Å². The lowest BCUT2D eigenvalue weighted by Gasteiger charge is -2.34. The van der Waals surface area contributed by atoms with Crippen LogP contribution in [0.4, 0.5) is 4.79 Å². The predicted octanol–water partition coefficient (Wildman–Crippen LogP) is 4.02. The number of amides is 2. The number of hydrogen-bond donors (Lipinski definition) is 1. The van der Waals surface area contributed by atoms with Crippen molar-refractivity contribution < 1.29 is 4.79 Å². The standard InChI is InChI=1S/C19H21Cl2N3O/c20-17-7-3-1-5-15(17)13-22-19(25)24-11-9-23(10-12-24)14-16-6-2-4-8-18(16)21/h1-8H,9-14H2,(H,22,25). The normalized spacial score (nSPS) is 15.2. The first-order chi connectivity index (χ1) is 12.1. The smallest absolute Gasteiger partial charge is 0.317 e. The Morgan fingerprint density at radius 1 is 0.880 bits per heavy atom. The largest absolute Gasteiger partial charge is 0.334 e. The van der Waals surface area contributed by atoms with Gasteiger partial charge < -0.3 is 10.2 Å². The molecule has 1 N–H and O–H groups in total. The molecule has 25 heavy (non-hydrogen) atoms.